The SMILES string of the molecule is CCC(C)NCn1sc2ncccc2c1=O. The fraction of sp³-hybridized carbons (Fsp3) is 0.455. The first-order valence-electron chi connectivity index (χ1n) is 5.40. The molecule has 2 rings (SSSR count). The van der Waals surface area contributed by atoms with Gasteiger partial charge in [0.15, 0.2) is 0 Å². The van der Waals surface area contributed by atoms with Gasteiger partial charge in [0.25, 0.3) is 5.56 Å². The van der Waals surface area contributed by atoms with Crippen molar-refractivity contribution in [1.29, 1.82) is 0 Å². The average molecular weight is 237 g/mol. The molecule has 0 saturated heterocycles. The molecule has 0 aliphatic heterocycles. The molecular weight excluding hydrogens is 222 g/mol. The Morgan fingerprint density at radius 2 is 2.44 bits per heavy atom. The van der Waals surface area contributed by atoms with Crippen LogP contribution in [0.2, 0.25) is 0 Å². The zero-order valence-corrected chi connectivity index (χ0v) is 10.3. The zero-order chi connectivity index (χ0) is 11.5. The maximum atomic E-state index is 11.9. The van der Waals surface area contributed by atoms with Gasteiger partial charge in [0.1, 0.15) is 4.83 Å². The second-order valence-electron chi connectivity index (χ2n) is 3.80. The summed E-state index contributed by atoms with van der Waals surface area (Å²) in [5, 5.41) is 4.00. The third kappa shape index (κ3) is 2.15. The summed E-state index contributed by atoms with van der Waals surface area (Å²) in [6, 6.07) is 4.04. The van der Waals surface area contributed by atoms with E-state index in [0.717, 1.165) is 11.3 Å². The molecule has 0 fully saturated rings. The first kappa shape index (κ1) is 11.3. The van der Waals surface area contributed by atoms with E-state index in [0.29, 0.717) is 18.1 Å². The van der Waals surface area contributed by atoms with Crippen LogP contribution < -0.4 is 10.9 Å². The molecule has 2 aromatic rings. The Bertz CT molecular complexity index is 531. The monoisotopic (exact) mass is 237 g/mol. The van der Waals surface area contributed by atoms with E-state index in [1.54, 1.807) is 16.2 Å². The van der Waals surface area contributed by atoms with Crippen LogP contribution in [0.3, 0.4) is 0 Å². The molecule has 4 nitrogen and oxygen atoms in total. The highest BCUT2D eigenvalue weighted by Gasteiger charge is 2.07. The molecule has 86 valence electrons. The van der Waals surface area contributed by atoms with Gasteiger partial charge in [0.05, 0.1) is 12.1 Å². The third-order valence-electron chi connectivity index (χ3n) is 2.62. The van der Waals surface area contributed by atoms with E-state index in [2.05, 4.69) is 24.1 Å². The largest absolute Gasteiger partial charge is 0.296 e. The summed E-state index contributed by atoms with van der Waals surface area (Å²) in [6.07, 6.45) is 2.77. The molecule has 0 aliphatic carbocycles. The highest BCUT2D eigenvalue weighted by atomic mass is 32.1. The van der Waals surface area contributed by atoms with E-state index < -0.39 is 0 Å². The fourth-order valence-electron chi connectivity index (χ4n) is 1.39. The van der Waals surface area contributed by atoms with Crippen LogP contribution in [-0.4, -0.2) is 15.0 Å². The first-order valence-corrected chi connectivity index (χ1v) is 6.18. The summed E-state index contributed by atoms with van der Waals surface area (Å²) in [4.78, 5) is 16.9. The van der Waals surface area contributed by atoms with E-state index in [-0.39, 0.29) is 5.56 Å². The van der Waals surface area contributed by atoms with Gasteiger partial charge in [-0.15, -0.1) is 0 Å². The van der Waals surface area contributed by atoms with Gasteiger partial charge in [-0.2, -0.15) is 0 Å². The van der Waals surface area contributed by atoms with Gasteiger partial charge in [0.2, 0.25) is 0 Å². The van der Waals surface area contributed by atoms with Gasteiger partial charge in [0, 0.05) is 12.2 Å². The number of aromatic nitrogens is 2. The first-order chi connectivity index (χ1) is 7.72. The van der Waals surface area contributed by atoms with Gasteiger partial charge in [-0.1, -0.05) is 6.92 Å². The summed E-state index contributed by atoms with van der Waals surface area (Å²) >= 11 is 1.41. The van der Waals surface area contributed by atoms with Crippen LogP contribution in [0.5, 0.6) is 0 Å². The summed E-state index contributed by atoms with van der Waals surface area (Å²) in [5.74, 6) is 0. The molecule has 0 amide bonds. The molecule has 0 radical (unpaired) electrons. The number of fused-ring (bicyclic) bond motifs is 1. The molecule has 2 heterocycles. The molecule has 0 bridgehead atoms. The molecular formula is C11H15N3OS. The molecule has 0 saturated carbocycles. The van der Waals surface area contributed by atoms with Gasteiger partial charge >= 0.3 is 0 Å². The summed E-state index contributed by atoms with van der Waals surface area (Å²) in [7, 11) is 0. The number of pyridine rings is 1. The second kappa shape index (κ2) is 4.76. The highest BCUT2D eigenvalue weighted by Crippen LogP contribution is 2.12. The van der Waals surface area contributed by atoms with Gasteiger partial charge in [-0.05, 0) is 37.0 Å². The van der Waals surface area contributed by atoms with Crippen molar-refractivity contribution in [3.05, 3.63) is 28.7 Å². The summed E-state index contributed by atoms with van der Waals surface area (Å²) in [6.45, 7) is 4.79. The molecule has 5 heteroatoms. The van der Waals surface area contributed by atoms with Crippen molar-refractivity contribution < 1.29 is 0 Å². The van der Waals surface area contributed by atoms with Crippen molar-refractivity contribution >= 4 is 21.7 Å². The minimum atomic E-state index is 0.0453. The van der Waals surface area contributed by atoms with Crippen molar-refractivity contribution in [3.63, 3.8) is 0 Å². The Hall–Kier alpha value is -1.20. The maximum absolute atomic E-state index is 11.9. The van der Waals surface area contributed by atoms with Crippen molar-refractivity contribution in [2.75, 3.05) is 0 Å². The van der Waals surface area contributed by atoms with Gasteiger partial charge in [-0.3, -0.25) is 10.1 Å². The Labute approximate surface area is 98.1 Å². The Kier molecular flexibility index (Phi) is 3.36. The van der Waals surface area contributed by atoms with Crippen LogP contribution in [0.4, 0.5) is 0 Å². The highest BCUT2D eigenvalue weighted by molar-refractivity contribution is 7.13. The normalized spacial score (nSPS) is 13.1. The van der Waals surface area contributed by atoms with Crippen LogP contribution in [0, 0.1) is 0 Å². The number of hydrogen-bond donors (Lipinski definition) is 1. The fourth-order valence-corrected chi connectivity index (χ4v) is 2.28. The van der Waals surface area contributed by atoms with E-state index in [1.807, 2.05) is 6.07 Å². The van der Waals surface area contributed by atoms with Crippen molar-refractivity contribution in [2.45, 2.75) is 33.0 Å². The molecule has 1 N–H and O–H groups in total. The van der Waals surface area contributed by atoms with Crippen LogP contribution in [0.25, 0.3) is 10.2 Å². The summed E-state index contributed by atoms with van der Waals surface area (Å²) < 4.78 is 1.71. The van der Waals surface area contributed by atoms with E-state index in [1.165, 1.54) is 11.5 Å². The zero-order valence-electron chi connectivity index (χ0n) is 9.43. The molecule has 0 aromatic carbocycles. The standard InChI is InChI=1S/C11H15N3OS/c1-3-8(2)13-7-14-11(15)9-5-4-6-12-10(9)16-14/h4-6,8,13H,3,7H2,1-2H3. The Morgan fingerprint density at radius 3 is 3.12 bits per heavy atom. The summed E-state index contributed by atoms with van der Waals surface area (Å²) in [5.41, 5.74) is 0.0453. The van der Waals surface area contributed by atoms with Crippen LogP contribution >= 0.6 is 11.5 Å². The number of nitrogens with one attached hydrogen (secondary N) is 1. The molecule has 1 atom stereocenters. The van der Waals surface area contributed by atoms with Crippen LogP contribution in [0.15, 0.2) is 23.1 Å². The molecule has 0 aliphatic rings. The minimum absolute atomic E-state index is 0.0453. The second-order valence-corrected chi connectivity index (χ2v) is 4.81. The molecule has 0 spiro atoms. The molecule has 2 aromatic heterocycles. The lowest BCUT2D eigenvalue weighted by Gasteiger charge is -2.10. The Morgan fingerprint density at radius 1 is 1.62 bits per heavy atom. The number of nitrogens with zero attached hydrogens (tertiary/aromatic N) is 2. The molecule has 16 heavy (non-hydrogen) atoms. The predicted molar refractivity (Wildman–Crippen MR) is 66.8 cm³/mol. The lowest BCUT2D eigenvalue weighted by molar-refractivity contribution is 0.477. The number of rotatable bonds is 4. The average Bonchev–Trinajstić information content (AvgIpc) is 2.64. The smallest absolute Gasteiger partial charge is 0.271 e. The molecule has 1 unspecified atom stereocenters. The maximum Gasteiger partial charge on any atom is 0.271 e. The van der Waals surface area contributed by atoms with Crippen LogP contribution in [-0.2, 0) is 6.67 Å². The van der Waals surface area contributed by atoms with Crippen molar-refractivity contribution in [2.24, 2.45) is 0 Å². The van der Waals surface area contributed by atoms with E-state index in [4.69, 9.17) is 0 Å². The lowest BCUT2D eigenvalue weighted by Crippen LogP contribution is -2.30. The third-order valence-corrected chi connectivity index (χ3v) is 3.63. The van der Waals surface area contributed by atoms with E-state index in [9.17, 15) is 4.79 Å². The van der Waals surface area contributed by atoms with Gasteiger partial charge in [-0.25, -0.2) is 8.94 Å². The number of hydrogen-bond acceptors (Lipinski definition) is 4. The Balaban J connectivity index is 2.25. The predicted octanol–water partition coefficient (Wildman–Crippen LogP) is 1.80. The topological polar surface area (TPSA) is 46.9 Å². The van der Waals surface area contributed by atoms with Crippen molar-refractivity contribution in [1.82, 2.24) is 14.3 Å². The van der Waals surface area contributed by atoms with Crippen LogP contribution in [0.1, 0.15) is 20.3 Å². The van der Waals surface area contributed by atoms with Gasteiger partial charge < -0.3 is 0 Å². The quantitative estimate of drug-likeness (QED) is 0.882. The van der Waals surface area contributed by atoms with E-state index >= 15 is 0 Å². The van der Waals surface area contributed by atoms with Crippen molar-refractivity contribution in [3.8, 4) is 0 Å². The minimum Gasteiger partial charge on any atom is -0.296 e. The lowest BCUT2D eigenvalue weighted by atomic mass is 10.3.